The number of nitrogens with zero attached hydrogens (tertiary/aromatic N) is 1. The minimum Gasteiger partial charge on any atom is -0.377 e. The maximum Gasteiger partial charge on any atom is 0.109 e. The lowest BCUT2D eigenvalue weighted by molar-refractivity contribution is 0.102. The number of hydrogen-bond acceptors (Lipinski definition) is 3. The molecule has 0 aromatic heterocycles. The maximum absolute atomic E-state index is 9.31. The second-order valence-electron chi connectivity index (χ2n) is 4.89. The molecule has 0 aromatic carbocycles. The highest BCUT2D eigenvalue weighted by Gasteiger charge is 2.40. The molecule has 0 bridgehead atoms. The molecule has 1 saturated heterocycles. The molecule has 2 rings (SSSR count). The van der Waals surface area contributed by atoms with E-state index < -0.39 is 0 Å². The summed E-state index contributed by atoms with van der Waals surface area (Å²) >= 11 is 0. The molecule has 3 heteroatoms. The minimum atomic E-state index is -0.272. The smallest absolute Gasteiger partial charge is 0.109 e. The van der Waals surface area contributed by atoms with Crippen LogP contribution in [0.4, 0.5) is 0 Å². The number of nitriles is 1. The van der Waals surface area contributed by atoms with Crippen LogP contribution in [0.15, 0.2) is 0 Å². The van der Waals surface area contributed by atoms with Crippen molar-refractivity contribution in [2.45, 2.75) is 50.7 Å². The van der Waals surface area contributed by atoms with E-state index in [1.54, 1.807) is 0 Å². The van der Waals surface area contributed by atoms with Crippen molar-refractivity contribution in [1.29, 1.82) is 5.26 Å². The summed E-state index contributed by atoms with van der Waals surface area (Å²) in [7, 11) is 0. The standard InChI is InChI=1S/C12H20N2O/c1-10-4-2-6-12(10,9-13)14-8-11-5-3-7-15-11/h10-11,14H,2-8H2,1H3. The highest BCUT2D eigenvalue weighted by molar-refractivity contribution is 5.13. The monoisotopic (exact) mass is 208 g/mol. The third kappa shape index (κ3) is 2.16. The predicted molar refractivity (Wildman–Crippen MR) is 58.3 cm³/mol. The van der Waals surface area contributed by atoms with Crippen LogP contribution < -0.4 is 5.32 Å². The molecular formula is C12H20N2O. The first-order chi connectivity index (χ1) is 7.27. The summed E-state index contributed by atoms with van der Waals surface area (Å²) in [5, 5.41) is 12.8. The number of hydrogen-bond donors (Lipinski definition) is 1. The quantitative estimate of drug-likeness (QED) is 0.769. The van der Waals surface area contributed by atoms with Gasteiger partial charge < -0.3 is 4.74 Å². The first kappa shape index (κ1) is 10.9. The first-order valence-electron chi connectivity index (χ1n) is 6.05. The predicted octanol–water partition coefficient (Wildman–Crippen LogP) is 1.84. The Hall–Kier alpha value is -0.590. The zero-order valence-corrected chi connectivity index (χ0v) is 9.46. The summed E-state index contributed by atoms with van der Waals surface area (Å²) in [6, 6.07) is 2.48. The molecule has 0 aromatic rings. The number of rotatable bonds is 3. The summed E-state index contributed by atoms with van der Waals surface area (Å²) in [6.45, 7) is 3.91. The van der Waals surface area contributed by atoms with Gasteiger partial charge >= 0.3 is 0 Å². The summed E-state index contributed by atoms with van der Waals surface area (Å²) in [6.07, 6.45) is 5.99. The van der Waals surface area contributed by atoms with Gasteiger partial charge in [-0.15, -0.1) is 0 Å². The highest BCUT2D eigenvalue weighted by Crippen LogP contribution is 2.35. The molecule has 0 amide bonds. The Kier molecular flexibility index (Phi) is 3.28. The van der Waals surface area contributed by atoms with E-state index in [0.717, 1.165) is 26.0 Å². The van der Waals surface area contributed by atoms with E-state index in [9.17, 15) is 5.26 Å². The lowest BCUT2D eigenvalue weighted by atomic mass is 9.90. The van der Waals surface area contributed by atoms with Gasteiger partial charge in [-0.1, -0.05) is 13.3 Å². The largest absolute Gasteiger partial charge is 0.377 e. The Balaban J connectivity index is 1.88. The van der Waals surface area contributed by atoms with Crippen LogP contribution in [-0.2, 0) is 4.74 Å². The third-order valence-electron chi connectivity index (χ3n) is 3.92. The van der Waals surface area contributed by atoms with E-state index in [2.05, 4.69) is 18.3 Å². The molecule has 1 saturated carbocycles. The summed E-state index contributed by atoms with van der Waals surface area (Å²) in [4.78, 5) is 0. The Bertz CT molecular complexity index is 255. The Morgan fingerprint density at radius 1 is 1.47 bits per heavy atom. The summed E-state index contributed by atoms with van der Waals surface area (Å²) in [5.74, 6) is 0.476. The molecule has 3 atom stereocenters. The van der Waals surface area contributed by atoms with E-state index in [0.29, 0.717) is 12.0 Å². The lowest BCUT2D eigenvalue weighted by Crippen LogP contribution is -2.48. The Morgan fingerprint density at radius 2 is 2.33 bits per heavy atom. The van der Waals surface area contributed by atoms with Crippen molar-refractivity contribution in [3.05, 3.63) is 0 Å². The van der Waals surface area contributed by atoms with Gasteiger partial charge in [0.25, 0.3) is 0 Å². The van der Waals surface area contributed by atoms with Crippen LogP contribution in [0.3, 0.4) is 0 Å². The van der Waals surface area contributed by atoms with E-state index in [1.807, 2.05) is 0 Å². The van der Waals surface area contributed by atoms with Crippen LogP contribution in [0.2, 0.25) is 0 Å². The molecule has 3 nitrogen and oxygen atoms in total. The Morgan fingerprint density at radius 3 is 2.87 bits per heavy atom. The number of ether oxygens (including phenoxy) is 1. The fraction of sp³-hybridized carbons (Fsp3) is 0.917. The van der Waals surface area contributed by atoms with Gasteiger partial charge in [0.05, 0.1) is 12.2 Å². The van der Waals surface area contributed by atoms with Crippen LogP contribution in [0.25, 0.3) is 0 Å². The van der Waals surface area contributed by atoms with E-state index in [-0.39, 0.29) is 5.54 Å². The SMILES string of the molecule is CC1CCCC1(C#N)NCC1CCCO1. The van der Waals surface area contributed by atoms with Gasteiger partial charge in [0.15, 0.2) is 0 Å². The summed E-state index contributed by atoms with van der Waals surface area (Å²) in [5.41, 5.74) is -0.272. The van der Waals surface area contributed by atoms with Crippen LogP contribution in [0, 0.1) is 17.2 Å². The van der Waals surface area contributed by atoms with Crippen LogP contribution in [-0.4, -0.2) is 24.8 Å². The first-order valence-corrected chi connectivity index (χ1v) is 6.05. The molecular weight excluding hydrogens is 188 g/mol. The van der Waals surface area contributed by atoms with Crippen molar-refractivity contribution in [3.63, 3.8) is 0 Å². The van der Waals surface area contributed by atoms with Crippen molar-refractivity contribution < 1.29 is 4.74 Å². The average Bonchev–Trinajstić information content (AvgIpc) is 2.85. The zero-order chi connectivity index (χ0) is 10.7. The van der Waals surface area contributed by atoms with Crippen LogP contribution in [0.1, 0.15) is 39.0 Å². The minimum absolute atomic E-state index is 0.272. The molecule has 15 heavy (non-hydrogen) atoms. The van der Waals surface area contributed by atoms with Gasteiger partial charge in [-0.3, -0.25) is 5.32 Å². The molecule has 1 aliphatic heterocycles. The molecule has 3 unspecified atom stereocenters. The second kappa shape index (κ2) is 4.51. The van der Waals surface area contributed by atoms with E-state index >= 15 is 0 Å². The van der Waals surface area contributed by atoms with Crippen molar-refractivity contribution in [2.75, 3.05) is 13.2 Å². The fourth-order valence-electron chi connectivity index (χ4n) is 2.75. The summed E-state index contributed by atoms with van der Waals surface area (Å²) < 4.78 is 5.57. The van der Waals surface area contributed by atoms with Crippen molar-refractivity contribution in [3.8, 4) is 6.07 Å². The Labute approximate surface area is 91.8 Å². The average molecular weight is 208 g/mol. The fourth-order valence-corrected chi connectivity index (χ4v) is 2.75. The van der Waals surface area contributed by atoms with Crippen molar-refractivity contribution in [2.24, 2.45) is 5.92 Å². The highest BCUT2D eigenvalue weighted by atomic mass is 16.5. The molecule has 1 aliphatic carbocycles. The molecule has 0 radical (unpaired) electrons. The lowest BCUT2D eigenvalue weighted by Gasteiger charge is -2.28. The molecule has 2 aliphatic rings. The second-order valence-corrected chi connectivity index (χ2v) is 4.89. The number of nitrogens with one attached hydrogen (secondary N) is 1. The van der Waals surface area contributed by atoms with Gasteiger partial charge in [0.1, 0.15) is 5.54 Å². The van der Waals surface area contributed by atoms with E-state index in [4.69, 9.17) is 4.74 Å². The van der Waals surface area contributed by atoms with E-state index in [1.165, 1.54) is 19.3 Å². The van der Waals surface area contributed by atoms with Crippen LogP contribution >= 0.6 is 0 Å². The van der Waals surface area contributed by atoms with Crippen molar-refractivity contribution in [1.82, 2.24) is 5.32 Å². The van der Waals surface area contributed by atoms with Crippen LogP contribution in [0.5, 0.6) is 0 Å². The van der Waals surface area contributed by atoms with Gasteiger partial charge in [0, 0.05) is 13.2 Å². The molecule has 2 fully saturated rings. The molecule has 0 spiro atoms. The zero-order valence-electron chi connectivity index (χ0n) is 9.46. The normalized spacial score (nSPS) is 40.5. The molecule has 1 heterocycles. The topological polar surface area (TPSA) is 45.0 Å². The van der Waals surface area contributed by atoms with Gasteiger partial charge in [-0.2, -0.15) is 5.26 Å². The molecule has 84 valence electrons. The third-order valence-corrected chi connectivity index (χ3v) is 3.92. The molecule has 1 N–H and O–H groups in total. The van der Waals surface area contributed by atoms with Gasteiger partial charge in [-0.25, -0.2) is 0 Å². The van der Waals surface area contributed by atoms with Gasteiger partial charge in [0.2, 0.25) is 0 Å². The van der Waals surface area contributed by atoms with Crippen molar-refractivity contribution >= 4 is 0 Å². The maximum atomic E-state index is 9.31. The van der Waals surface area contributed by atoms with Gasteiger partial charge in [-0.05, 0) is 31.6 Å².